The molecule has 0 heterocycles. The van der Waals surface area contributed by atoms with Crippen molar-refractivity contribution >= 4 is 23.2 Å². The molecular weight excluding hydrogens is 267 g/mol. The summed E-state index contributed by atoms with van der Waals surface area (Å²) in [6.07, 6.45) is -4.33. The van der Waals surface area contributed by atoms with Crippen LogP contribution in [0, 0.1) is 0 Å². The van der Waals surface area contributed by atoms with E-state index >= 15 is 0 Å². The molecule has 1 aromatic carbocycles. The lowest BCUT2D eigenvalue weighted by Gasteiger charge is -2.17. The van der Waals surface area contributed by atoms with Gasteiger partial charge >= 0.3 is 6.18 Å². The maximum Gasteiger partial charge on any atom is 0.399 e. The minimum atomic E-state index is -4.59. The highest BCUT2D eigenvalue weighted by molar-refractivity contribution is 6.34. The summed E-state index contributed by atoms with van der Waals surface area (Å²) in [4.78, 5) is 0. The number of alkyl halides is 3. The molecule has 0 amide bonds. The highest BCUT2D eigenvalue weighted by atomic mass is 35.5. The number of hydrogen-bond acceptors (Lipinski definition) is 0. The third kappa shape index (κ3) is 3.39. The molecule has 0 bridgehead atoms. The molecule has 1 rings (SSSR count). The predicted molar refractivity (Wildman–Crippen MR) is 55.5 cm³/mol. The van der Waals surface area contributed by atoms with Crippen LogP contribution in [0.5, 0.6) is 0 Å². The monoisotopic (exact) mass is 272 g/mol. The van der Waals surface area contributed by atoms with Gasteiger partial charge in [-0.3, -0.25) is 0 Å². The molecule has 0 saturated heterocycles. The van der Waals surface area contributed by atoms with E-state index in [1.165, 1.54) is 6.07 Å². The maximum atomic E-state index is 12.6. The van der Waals surface area contributed by atoms with Crippen molar-refractivity contribution in [2.24, 2.45) is 0 Å². The van der Waals surface area contributed by atoms with Crippen LogP contribution in [0.15, 0.2) is 30.6 Å². The normalized spacial score (nSPS) is 14.4. The van der Waals surface area contributed by atoms with E-state index in [4.69, 9.17) is 23.2 Å². The Morgan fingerprint density at radius 3 is 1.94 bits per heavy atom. The topological polar surface area (TPSA) is 0 Å². The van der Waals surface area contributed by atoms with Gasteiger partial charge in [0.2, 0.25) is 0 Å². The average molecular weight is 273 g/mol. The van der Waals surface area contributed by atoms with Crippen LogP contribution in [0.1, 0.15) is 11.5 Å². The SMILES string of the molecule is FC=CC(c1cc(Cl)cc(Cl)c1)C(F)(F)F. The summed E-state index contributed by atoms with van der Waals surface area (Å²) < 4.78 is 49.6. The van der Waals surface area contributed by atoms with E-state index in [-0.39, 0.29) is 21.9 Å². The Balaban J connectivity index is 3.21. The Labute approximate surface area is 99.5 Å². The fraction of sp³-hybridized carbons (Fsp3) is 0.200. The van der Waals surface area contributed by atoms with Gasteiger partial charge in [-0.05, 0) is 29.8 Å². The van der Waals surface area contributed by atoms with Gasteiger partial charge in [0.1, 0.15) is 5.92 Å². The molecule has 6 heteroatoms. The summed E-state index contributed by atoms with van der Waals surface area (Å²) in [5.74, 6) is -2.05. The molecule has 0 aliphatic carbocycles. The zero-order valence-electron chi connectivity index (χ0n) is 7.73. The Morgan fingerprint density at radius 2 is 1.56 bits per heavy atom. The third-order valence-corrected chi connectivity index (χ3v) is 2.30. The van der Waals surface area contributed by atoms with E-state index in [0.717, 1.165) is 12.1 Å². The lowest BCUT2D eigenvalue weighted by Crippen LogP contribution is -2.18. The number of halogens is 6. The number of allylic oxidation sites excluding steroid dienone is 1. The van der Waals surface area contributed by atoms with Crippen molar-refractivity contribution in [3.63, 3.8) is 0 Å². The summed E-state index contributed by atoms with van der Waals surface area (Å²) in [7, 11) is 0. The molecule has 0 radical (unpaired) electrons. The fourth-order valence-electron chi connectivity index (χ4n) is 1.24. The Kier molecular flexibility index (Phi) is 4.21. The van der Waals surface area contributed by atoms with E-state index in [1.807, 2.05) is 0 Å². The fourth-order valence-corrected chi connectivity index (χ4v) is 1.78. The molecule has 1 unspecified atom stereocenters. The molecule has 0 aliphatic rings. The third-order valence-electron chi connectivity index (χ3n) is 1.86. The van der Waals surface area contributed by atoms with Crippen molar-refractivity contribution < 1.29 is 17.6 Å². The van der Waals surface area contributed by atoms with E-state index in [1.54, 1.807) is 0 Å². The Hall–Kier alpha value is -0.740. The van der Waals surface area contributed by atoms with Crippen molar-refractivity contribution in [3.8, 4) is 0 Å². The van der Waals surface area contributed by atoms with Crippen LogP contribution in [0.2, 0.25) is 10.0 Å². The minimum absolute atomic E-state index is 0.0732. The van der Waals surface area contributed by atoms with Gasteiger partial charge in [0.15, 0.2) is 0 Å². The minimum Gasteiger partial charge on any atom is -0.216 e. The molecule has 1 aromatic rings. The van der Waals surface area contributed by atoms with Crippen molar-refractivity contribution in [2.75, 3.05) is 0 Å². The van der Waals surface area contributed by atoms with Crippen molar-refractivity contribution in [2.45, 2.75) is 12.1 Å². The molecule has 0 N–H and O–H groups in total. The van der Waals surface area contributed by atoms with Crippen molar-refractivity contribution in [3.05, 3.63) is 46.2 Å². The van der Waals surface area contributed by atoms with Gasteiger partial charge in [0, 0.05) is 10.0 Å². The van der Waals surface area contributed by atoms with Gasteiger partial charge in [-0.25, -0.2) is 4.39 Å². The molecule has 88 valence electrons. The van der Waals surface area contributed by atoms with E-state index in [0.29, 0.717) is 6.08 Å². The van der Waals surface area contributed by atoms with E-state index < -0.39 is 12.1 Å². The van der Waals surface area contributed by atoms with Crippen LogP contribution >= 0.6 is 23.2 Å². The molecule has 1 atom stereocenters. The quantitative estimate of drug-likeness (QED) is 0.656. The smallest absolute Gasteiger partial charge is 0.216 e. The molecule has 16 heavy (non-hydrogen) atoms. The van der Waals surface area contributed by atoms with Crippen LogP contribution in [0.4, 0.5) is 17.6 Å². The summed E-state index contributed by atoms with van der Waals surface area (Å²) >= 11 is 11.1. The Bertz CT molecular complexity index is 378. The molecule has 0 aliphatic heterocycles. The Morgan fingerprint density at radius 1 is 1.06 bits per heavy atom. The van der Waals surface area contributed by atoms with Crippen molar-refractivity contribution in [1.82, 2.24) is 0 Å². The highest BCUT2D eigenvalue weighted by Crippen LogP contribution is 2.37. The second-order valence-electron chi connectivity index (χ2n) is 3.04. The van der Waals surface area contributed by atoms with Gasteiger partial charge in [0.25, 0.3) is 0 Å². The average Bonchev–Trinajstić information content (AvgIpc) is 2.10. The molecule has 0 saturated carbocycles. The number of rotatable bonds is 2. The summed E-state index contributed by atoms with van der Waals surface area (Å²) in [5.41, 5.74) is -0.195. The highest BCUT2D eigenvalue weighted by Gasteiger charge is 2.39. The first-order valence-electron chi connectivity index (χ1n) is 4.14. The zero-order valence-corrected chi connectivity index (χ0v) is 9.24. The van der Waals surface area contributed by atoms with Gasteiger partial charge in [-0.2, -0.15) is 13.2 Å². The zero-order chi connectivity index (χ0) is 12.3. The first kappa shape index (κ1) is 13.3. The van der Waals surface area contributed by atoms with Crippen LogP contribution in [0.25, 0.3) is 0 Å². The first-order chi connectivity index (χ1) is 7.34. The summed E-state index contributed by atoms with van der Waals surface area (Å²) in [6, 6.07) is 3.51. The number of benzene rings is 1. The standard InChI is InChI=1S/C10H6Cl2F4/c11-7-3-6(4-8(12)5-7)9(1-2-13)10(14,15)16/h1-5,9H. The van der Waals surface area contributed by atoms with Crippen LogP contribution in [0.3, 0.4) is 0 Å². The lowest BCUT2D eigenvalue weighted by molar-refractivity contribution is -0.139. The molecule has 0 fully saturated rings. The summed E-state index contributed by atoms with van der Waals surface area (Å²) in [5, 5.41) is 0.146. The van der Waals surface area contributed by atoms with Crippen LogP contribution in [-0.4, -0.2) is 6.18 Å². The molecule has 0 nitrogen and oxygen atoms in total. The largest absolute Gasteiger partial charge is 0.399 e. The number of hydrogen-bond donors (Lipinski definition) is 0. The van der Waals surface area contributed by atoms with Gasteiger partial charge in [0.05, 0.1) is 6.33 Å². The van der Waals surface area contributed by atoms with Crippen LogP contribution in [-0.2, 0) is 0 Å². The van der Waals surface area contributed by atoms with E-state index in [2.05, 4.69) is 0 Å². The second-order valence-corrected chi connectivity index (χ2v) is 3.91. The second kappa shape index (κ2) is 5.06. The lowest BCUT2D eigenvalue weighted by atomic mass is 9.99. The molecular formula is C10H6Cl2F4. The first-order valence-corrected chi connectivity index (χ1v) is 4.90. The van der Waals surface area contributed by atoms with E-state index in [9.17, 15) is 17.6 Å². The van der Waals surface area contributed by atoms with Gasteiger partial charge < -0.3 is 0 Å². The summed E-state index contributed by atoms with van der Waals surface area (Å²) in [6.45, 7) is 0. The van der Waals surface area contributed by atoms with Crippen LogP contribution < -0.4 is 0 Å². The van der Waals surface area contributed by atoms with Crippen molar-refractivity contribution in [1.29, 1.82) is 0 Å². The molecule has 0 spiro atoms. The maximum absolute atomic E-state index is 12.6. The predicted octanol–water partition coefficient (Wildman–Crippen LogP) is 5.12. The van der Waals surface area contributed by atoms with Gasteiger partial charge in [-0.1, -0.05) is 23.2 Å². The molecule has 0 aromatic heterocycles. The van der Waals surface area contributed by atoms with Gasteiger partial charge in [-0.15, -0.1) is 0 Å².